The number of halogens is 1. The van der Waals surface area contributed by atoms with E-state index in [0.29, 0.717) is 18.1 Å². The summed E-state index contributed by atoms with van der Waals surface area (Å²) in [5, 5.41) is 13.7. The van der Waals surface area contributed by atoms with Crippen LogP contribution in [-0.4, -0.2) is 29.8 Å². The van der Waals surface area contributed by atoms with Crippen molar-refractivity contribution in [1.82, 2.24) is 10.2 Å². The van der Waals surface area contributed by atoms with Crippen LogP contribution in [0.25, 0.3) is 0 Å². The molecule has 1 aromatic heterocycles. The molecular formula is C20H19FN4O2. The molecule has 0 fully saturated rings. The van der Waals surface area contributed by atoms with Crippen LogP contribution in [0, 0.1) is 5.82 Å². The number of carbonyl (C=O) groups excluding carboxylic acids is 1. The predicted octanol–water partition coefficient (Wildman–Crippen LogP) is 3.53. The Morgan fingerprint density at radius 2 is 1.89 bits per heavy atom. The van der Waals surface area contributed by atoms with Crippen LogP contribution in [0.1, 0.15) is 16.1 Å². The van der Waals surface area contributed by atoms with Gasteiger partial charge >= 0.3 is 0 Å². The van der Waals surface area contributed by atoms with Crippen LogP contribution >= 0.6 is 0 Å². The van der Waals surface area contributed by atoms with Crippen LogP contribution in [0.4, 0.5) is 15.9 Å². The minimum Gasteiger partial charge on any atom is -0.497 e. The zero-order valence-corrected chi connectivity index (χ0v) is 14.8. The third kappa shape index (κ3) is 5.24. The van der Waals surface area contributed by atoms with Crippen molar-refractivity contribution in [2.24, 2.45) is 0 Å². The van der Waals surface area contributed by atoms with Crippen molar-refractivity contribution in [2.45, 2.75) is 6.42 Å². The Hall–Kier alpha value is -3.48. The molecule has 2 N–H and O–H groups in total. The van der Waals surface area contributed by atoms with Gasteiger partial charge in [0.1, 0.15) is 17.4 Å². The zero-order chi connectivity index (χ0) is 19.1. The number of ether oxygens (including phenoxy) is 1. The van der Waals surface area contributed by atoms with Gasteiger partial charge < -0.3 is 15.4 Å². The van der Waals surface area contributed by atoms with Crippen molar-refractivity contribution in [3.8, 4) is 5.75 Å². The number of hydrogen-bond donors (Lipinski definition) is 2. The number of nitrogens with zero attached hydrogens (tertiary/aromatic N) is 2. The van der Waals surface area contributed by atoms with E-state index >= 15 is 0 Å². The van der Waals surface area contributed by atoms with Gasteiger partial charge in [-0.25, -0.2) is 4.39 Å². The Morgan fingerprint density at radius 3 is 2.56 bits per heavy atom. The molecule has 0 radical (unpaired) electrons. The van der Waals surface area contributed by atoms with Gasteiger partial charge in [-0.2, -0.15) is 0 Å². The first-order chi connectivity index (χ1) is 13.1. The second-order valence-electron chi connectivity index (χ2n) is 5.79. The fraction of sp³-hybridized carbons (Fsp3) is 0.150. The van der Waals surface area contributed by atoms with Gasteiger partial charge in [0, 0.05) is 12.2 Å². The van der Waals surface area contributed by atoms with E-state index in [4.69, 9.17) is 4.74 Å². The minimum atomic E-state index is -0.446. The normalized spacial score (nSPS) is 10.3. The number of hydrogen-bond acceptors (Lipinski definition) is 5. The summed E-state index contributed by atoms with van der Waals surface area (Å²) in [6.07, 6.45) is 0.813. The largest absolute Gasteiger partial charge is 0.497 e. The number of aromatic nitrogens is 2. The van der Waals surface area contributed by atoms with Gasteiger partial charge in [0.05, 0.1) is 7.11 Å². The van der Waals surface area contributed by atoms with E-state index in [1.165, 1.54) is 23.8 Å². The van der Waals surface area contributed by atoms with Crippen LogP contribution in [0.15, 0.2) is 60.7 Å². The highest BCUT2D eigenvalue weighted by atomic mass is 19.1. The third-order valence-electron chi connectivity index (χ3n) is 3.86. The molecule has 138 valence electrons. The van der Waals surface area contributed by atoms with Crippen molar-refractivity contribution in [3.05, 3.63) is 77.7 Å². The molecule has 7 heteroatoms. The molecule has 0 saturated heterocycles. The lowest BCUT2D eigenvalue weighted by Gasteiger charge is -2.07. The molecule has 0 unspecified atom stereocenters. The second kappa shape index (κ2) is 8.75. The molecule has 1 heterocycles. The van der Waals surface area contributed by atoms with E-state index in [1.807, 2.05) is 24.3 Å². The zero-order valence-electron chi connectivity index (χ0n) is 14.8. The fourth-order valence-electron chi connectivity index (χ4n) is 2.44. The molecule has 2 aromatic carbocycles. The van der Waals surface area contributed by atoms with Gasteiger partial charge in [-0.3, -0.25) is 4.79 Å². The molecule has 0 aliphatic rings. The minimum absolute atomic E-state index is 0.153. The smallest absolute Gasteiger partial charge is 0.276 e. The third-order valence-corrected chi connectivity index (χ3v) is 3.86. The SMILES string of the molecule is COc1ccc(CCNc2ccc(C(=O)Nc3cccc(F)c3)nn2)cc1. The maximum atomic E-state index is 13.2. The van der Waals surface area contributed by atoms with E-state index in [9.17, 15) is 9.18 Å². The predicted molar refractivity (Wildman–Crippen MR) is 102 cm³/mol. The maximum Gasteiger partial charge on any atom is 0.276 e. The molecule has 0 spiro atoms. The van der Waals surface area contributed by atoms with Gasteiger partial charge in [-0.15, -0.1) is 10.2 Å². The molecule has 6 nitrogen and oxygen atoms in total. The van der Waals surface area contributed by atoms with Crippen LogP contribution in [-0.2, 0) is 6.42 Å². The lowest BCUT2D eigenvalue weighted by molar-refractivity contribution is 0.102. The quantitative estimate of drug-likeness (QED) is 0.669. The topological polar surface area (TPSA) is 76.1 Å². The second-order valence-corrected chi connectivity index (χ2v) is 5.79. The Kier molecular flexibility index (Phi) is 5.94. The molecule has 27 heavy (non-hydrogen) atoms. The van der Waals surface area contributed by atoms with Crippen molar-refractivity contribution in [3.63, 3.8) is 0 Å². The summed E-state index contributed by atoms with van der Waals surface area (Å²) in [7, 11) is 1.64. The van der Waals surface area contributed by atoms with E-state index in [-0.39, 0.29) is 5.69 Å². The molecule has 3 aromatic rings. The van der Waals surface area contributed by atoms with Gasteiger partial charge in [-0.05, 0) is 54.4 Å². The van der Waals surface area contributed by atoms with Gasteiger partial charge in [0.2, 0.25) is 0 Å². The first-order valence-electron chi connectivity index (χ1n) is 8.41. The van der Waals surface area contributed by atoms with Crippen molar-refractivity contribution >= 4 is 17.4 Å². The number of rotatable bonds is 7. The summed E-state index contributed by atoms with van der Waals surface area (Å²) in [4.78, 5) is 12.1. The van der Waals surface area contributed by atoms with Crippen molar-refractivity contribution in [2.75, 3.05) is 24.3 Å². The Labute approximate surface area is 156 Å². The number of carbonyl (C=O) groups is 1. The fourth-order valence-corrected chi connectivity index (χ4v) is 2.44. The number of nitrogens with one attached hydrogen (secondary N) is 2. The molecular weight excluding hydrogens is 347 g/mol. The highest BCUT2D eigenvalue weighted by Crippen LogP contribution is 2.13. The highest BCUT2D eigenvalue weighted by molar-refractivity contribution is 6.02. The average molecular weight is 366 g/mol. The monoisotopic (exact) mass is 366 g/mol. The standard InChI is InChI=1S/C20H19FN4O2/c1-27-17-7-5-14(6-8-17)11-12-22-19-10-9-18(24-25-19)20(26)23-16-4-2-3-15(21)13-16/h2-10,13H,11-12H2,1H3,(H,22,25)(H,23,26). The lowest BCUT2D eigenvalue weighted by atomic mass is 10.1. The van der Waals surface area contributed by atoms with Gasteiger partial charge in [0.25, 0.3) is 5.91 Å². The number of methoxy groups -OCH3 is 1. The van der Waals surface area contributed by atoms with E-state index in [1.54, 1.807) is 25.3 Å². The summed E-state index contributed by atoms with van der Waals surface area (Å²) in [6.45, 7) is 0.676. The van der Waals surface area contributed by atoms with Crippen molar-refractivity contribution in [1.29, 1.82) is 0 Å². The van der Waals surface area contributed by atoms with E-state index < -0.39 is 11.7 Å². The van der Waals surface area contributed by atoms with Crippen LogP contribution in [0.2, 0.25) is 0 Å². The summed E-state index contributed by atoms with van der Waals surface area (Å²) < 4.78 is 18.3. The molecule has 0 bridgehead atoms. The first-order valence-corrected chi connectivity index (χ1v) is 8.41. The summed E-state index contributed by atoms with van der Waals surface area (Å²) in [5.41, 5.74) is 1.69. The lowest BCUT2D eigenvalue weighted by Crippen LogP contribution is -2.15. The summed E-state index contributed by atoms with van der Waals surface area (Å²) >= 11 is 0. The molecule has 0 aliphatic heterocycles. The molecule has 0 atom stereocenters. The number of benzene rings is 2. The van der Waals surface area contributed by atoms with Gasteiger partial charge in [-0.1, -0.05) is 18.2 Å². The average Bonchev–Trinajstić information content (AvgIpc) is 2.69. The number of amides is 1. The first kappa shape index (κ1) is 18.3. The van der Waals surface area contributed by atoms with Crippen LogP contribution in [0.5, 0.6) is 5.75 Å². The van der Waals surface area contributed by atoms with E-state index in [0.717, 1.165) is 12.2 Å². The molecule has 1 amide bonds. The summed E-state index contributed by atoms with van der Waals surface area (Å²) in [5.74, 6) is 0.531. The summed E-state index contributed by atoms with van der Waals surface area (Å²) in [6, 6.07) is 16.8. The van der Waals surface area contributed by atoms with E-state index in [2.05, 4.69) is 20.8 Å². The maximum absolute atomic E-state index is 13.2. The highest BCUT2D eigenvalue weighted by Gasteiger charge is 2.09. The Bertz CT molecular complexity index is 899. The Morgan fingerprint density at radius 1 is 1.07 bits per heavy atom. The molecule has 3 rings (SSSR count). The van der Waals surface area contributed by atoms with Crippen molar-refractivity contribution < 1.29 is 13.9 Å². The van der Waals surface area contributed by atoms with Gasteiger partial charge in [0.15, 0.2) is 5.69 Å². The van der Waals surface area contributed by atoms with Crippen LogP contribution < -0.4 is 15.4 Å². The molecule has 0 aliphatic carbocycles. The molecule has 0 saturated carbocycles. The Balaban J connectivity index is 1.51. The van der Waals surface area contributed by atoms with Crippen LogP contribution in [0.3, 0.4) is 0 Å². The number of anilines is 2.